The van der Waals surface area contributed by atoms with Gasteiger partial charge in [0.05, 0.1) is 0 Å². The number of thiophene rings is 1. The van der Waals surface area contributed by atoms with E-state index in [1.165, 1.54) is 24.3 Å². The molecule has 0 aliphatic heterocycles. The van der Waals surface area contributed by atoms with E-state index in [2.05, 4.69) is 33.8 Å². The van der Waals surface area contributed by atoms with Crippen molar-refractivity contribution in [2.45, 2.75) is 11.8 Å². The molecule has 5 heteroatoms. The summed E-state index contributed by atoms with van der Waals surface area (Å²) in [6.45, 7) is 0. The van der Waals surface area contributed by atoms with Crippen LogP contribution in [0.25, 0.3) is 17.3 Å². The van der Waals surface area contributed by atoms with Gasteiger partial charge in [-0.3, -0.25) is 5.10 Å². The zero-order chi connectivity index (χ0) is 19.1. The molecule has 2 aromatic carbocycles. The molecule has 138 valence electrons. The van der Waals surface area contributed by atoms with Crippen molar-refractivity contribution in [2.75, 3.05) is 0 Å². The van der Waals surface area contributed by atoms with Crippen LogP contribution in [0.3, 0.4) is 0 Å². The topological polar surface area (TPSA) is 28.7 Å². The third-order valence-corrected chi connectivity index (χ3v) is 6.07. The van der Waals surface area contributed by atoms with Gasteiger partial charge in [-0.2, -0.15) is 16.4 Å². The number of aromatic nitrogens is 2. The Balaban J connectivity index is 1.66. The van der Waals surface area contributed by atoms with E-state index < -0.39 is 5.41 Å². The van der Waals surface area contributed by atoms with E-state index in [1.54, 1.807) is 35.6 Å². The number of rotatable bonds is 3. The van der Waals surface area contributed by atoms with Crippen LogP contribution >= 0.6 is 11.3 Å². The van der Waals surface area contributed by atoms with E-state index in [4.69, 9.17) is 0 Å². The molecular weight excluding hydrogens is 374 g/mol. The Morgan fingerprint density at radius 2 is 1.54 bits per heavy atom. The summed E-state index contributed by atoms with van der Waals surface area (Å²) in [5.41, 5.74) is 5.48. The van der Waals surface area contributed by atoms with Gasteiger partial charge in [-0.15, -0.1) is 0 Å². The van der Waals surface area contributed by atoms with Gasteiger partial charge in [-0.1, -0.05) is 36.4 Å². The number of halogens is 2. The highest BCUT2D eigenvalue weighted by molar-refractivity contribution is 7.08. The minimum atomic E-state index is -0.521. The lowest BCUT2D eigenvalue weighted by molar-refractivity contribution is 0.599. The van der Waals surface area contributed by atoms with Crippen molar-refractivity contribution >= 4 is 17.4 Å². The molecule has 4 aromatic rings. The van der Waals surface area contributed by atoms with Gasteiger partial charge in [-0.25, -0.2) is 8.78 Å². The maximum atomic E-state index is 13.6. The standard InChI is InChI=1S/C23H16F2N2S/c24-18-5-1-16(2-6-18)23(17-3-7-19(25)8-4-17)11-9-20-21(13-23)26-27-22(20)15-10-12-28-14-15/h1-12,14H,13H2,(H,26,27). The zero-order valence-corrected chi connectivity index (χ0v) is 15.6. The summed E-state index contributed by atoms with van der Waals surface area (Å²) in [5.74, 6) is -0.556. The van der Waals surface area contributed by atoms with Crippen molar-refractivity contribution < 1.29 is 8.78 Å². The SMILES string of the molecule is Fc1ccc(C2(c3ccc(F)cc3)C=Cc3c(-c4ccsc4)n[nH]c3C2)cc1. The molecule has 2 heterocycles. The maximum absolute atomic E-state index is 13.6. The number of benzene rings is 2. The first-order chi connectivity index (χ1) is 13.7. The molecular formula is C23H16F2N2S. The number of nitrogens with one attached hydrogen (secondary N) is 1. The Kier molecular flexibility index (Phi) is 3.98. The molecule has 0 unspecified atom stereocenters. The second-order valence-corrected chi connectivity index (χ2v) is 7.75. The Hall–Kier alpha value is -3.05. The van der Waals surface area contributed by atoms with Gasteiger partial charge in [0.2, 0.25) is 0 Å². The first kappa shape index (κ1) is 17.1. The molecule has 1 aliphatic carbocycles. The monoisotopic (exact) mass is 390 g/mol. The summed E-state index contributed by atoms with van der Waals surface area (Å²) in [6, 6.07) is 15.1. The van der Waals surface area contributed by atoms with Gasteiger partial charge < -0.3 is 0 Å². The lowest BCUT2D eigenvalue weighted by Crippen LogP contribution is -2.30. The summed E-state index contributed by atoms with van der Waals surface area (Å²) in [4.78, 5) is 0. The Morgan fingerprint density at radius 3 is 2.11 bits per heavy atom. The predicted octanol–water partition coefficient (Wildman–Crippen LogP) is 5.97. The van der Waals surface area contributed by atoms with Crippen LogP contribution in [0.4, 0.5) is 8.78 Å². The highest BCUT2D eigenvalue weighted by Gasteiger charge is 2.36. The van der Waals surface area contributed by atoms with Gasteiger partial charge in [0.15, 0.2) is 0 Å². The highest BCUT2D eigenvalue weighted by atomic mass is 32.1. The average Bonchev–Trinajstić information content (AvgIpc) is 3.38. The molecule has 0 radical (unpaired) electrons. The normalized spacial score (nSPS) is 14.8. The fourth-order valence-electron chi connectivity index (χ4n) is 3.94. The average molecular weight is 390 g/mol. The van der Waals surface area contributed by atoms with Crippen molar-refractivity contribution in [3.8, 4) is 11.3 Å². The molecule has 0 bridgehead atoms. The molecule has 2 aromatic heterocycles. The van der Waals surface area contributed by atoms with E-state index >= 15 is 0 Å². The molecule has 1 N–H and O–H groups in total. The minimum Gasteiger partial charge on any atom is -0.281 e. The van der Waals surface area contributed by atoms with E-state index in [-0.39, 0.29) is 11.6 Å². The molecule has 0 spiro atoms. The number of allylic oxidation sites excluding steroid dienone is 1. The summed E-state index contributed by atoms with van der Waals surface area (Å²) >= 11 is 1.64. The van der Waals surface area contributed by atoms with Crippen LogP contribution in [0.1, 0.15) is 22.4 Å². The smallest absolute Gasteiger partial charge is 0.123 e. The van der Waals surface area contributed by atoms with Crippen LogP contribution in [0.5, 0.6) is 0 Å². The lowest BCUT2D eigenvalue weighted by Gasteiger charge is -2.34. The third-order valence-electron chi connectivity index (χ3n) is 5.39. The van der Waals surface area contributed by atoms with E-state index in [1.807, 2.05) is 5.38 Å². The van der Waals surface area contributed by atoms with Crippen LogP contribution in [0.2, 0.25) is 0 Å². The van der Waals surface area contributed by atoms with Crippen molar-refractivity contribution in [3.63, 3.8) is 0 Å². The number of hydrogen-bond acceptors (Lipinski definition) is 2. The number of aromatic amines is 1. The molecule has 28 heavy (non-hydrogen) atoms. The number of hydrogen-bond donors (Lipinski definition) is 1. The summed E-state index contributed by atoms with van der Waals surface area (Å²) in [6.07, 6.45) is 4.83. The van der Waals surface area contributed by atoms with E-state index in [0.29, 0.717) is 6.42 Å². The van der Waals surface area contributed by atoms with Gasteiger partial charge in [-0.05, 0) is 46.8 Å². The summed E-state index contributed by atoms with van der Waals surface area (Å²) in [5, 5.41) is 11.8. The van der Waals surface area contributed by atoms with E-state index in [0.717, 1.165) is 33.6 Å². The van der Waals surface area contributed by atoms with E-state index in [9.17, 15) is 8.78 Å². The van der Waals surface area contributed by atoms with Crippen LogP contribution in [-0.4, -0.2) is 10.2 Å². The molecule has 0 atom stereocenters. The lowest BCUT2D eigenvalue weighted by atomic mass is 9.68. The molecule has 5 rings (SSSR count). The minimum absolute atomic E-state index is 0.278. The van der Waals surface area contributed by atoms with Crippen LogP contribution in [0.15, 0.2) is 71.4 Å². The summed E-state index contributed by atoms with van der Waals surface area (Å²) < 4.78 is 27.1. The number of H-pyrrole nitrogens is 1. The van der Waals surface area contributed by atoms with Crippen LogP contribution < -0.4 is 0 Å². The van der Waals surface area contributed by atoms with Crippen LogP contribution in [-0.2, 0) is 11.8 Å². The largest absolute Gasteiger partial charge is 0.281 e. The Morgan fingerprint density at radius 1 is 0.893 bits per heavy atom. The van der Waals surface area contributed by atoms with Gasteiger partial charge in [0.25, 0.3) is 0 Å². The molecule has 1 aliphatic rings. The van der Waals surface area contributed by atoms with Crippen molar-refractivity contribution in [1.29, 1.82) is 0 Å². The van der Waals surface area contributed by atoms with Crippen molar-refractivity contribution in [2.24, 2.45) is 0 Å². The highest BCUT2D eigenvalue weighted by Crippen LogP contribution is 2.43. The van der Waals surface area contributed by atoms with Crippen LogP contribution in [0, 0.1) is 11.6 Å². The van der Waals surface area contributed by atoms with Crippen molar-refractivity contribution in [1.82, 2.24) is 10.2 Å². The van der Waals surface area contributed by atoms with Crippen molar-refractivity contribution in [3.05, 3.63) is 105 Å². The molecule has 0 fully saturated rings. The maximum Gasteiger partial charge on any atom is 0.123 e. The first-order valence-electron chi connectivity index (χ1n) is 8.97. The van der Waals surface area contributed by atoms with Gasteiger partial charge in [0, 0.05) is 34.0 Å². The first-order valence-corrected chi connectivity index (χ1v) is 9.91. The van der Waals surface area contributed by atoms with Gasteiger partial charge in [0.1, 0.15) is 17.3 Å². The molecule has 2 nitrogen and oxygen atoms in total. The fourth-order valence-corrected chi connectivity index (χ4v) is 4.58. The quantitative estimate of drug-likeness (QED) is 0.459. The number of fused-ring (bicyclic) bond motifs is 1. The molecule has 0 saturated carbocycles. The Bertz CT molecular complexity index is 1100. The zero-order valence-electron chi connectivity index (χ0n) is 14.8. The second kappa shape index (κ2) is 6.53. The van der Waals surface area contributed by atoms with Gasteiger partial charge >= 0.3 is 0 Å². The summed E-state index contributed by atoms with van der Waals surface area (Å²) in [7, 11) is 0. The third kappa shape index (κ3) is 2.70. The second-order valence-electron chi connectivity index (χ2n) is 6.97. The number of nitrogens with zero attached hydrogens (tertiary/aromatic N) is 1. The predicted molar refractivity (Wildman–Crippen MR) is 108 cm³/mol. The fraction of sp³-hybridized carbons (Fsp3) is 0.0870. The molecule has 0 amide bonds. The Labute approximate surface area is 165 Å². The molecule has 0 saturated heterocycles.